The van der Waals surface area contributed by atoms with Gasteiger partial charge in [0.1, 0.15) is 5.75 Å². The molecule has 0 atom stereocenters. The molecule has 9 nitrogen and oxygen atoms in total. The second-order valence-corrected chi connectivity index (χ2v) is 9.44. The Morgan fingerprint density at radius 1 is 1.12 bits per heavy atom. The van der Waals surface area contributed by atoms with Crippen molar-refractivity contribution in [1.29, 1.82) is 0 Å². The average Bonchev–Trinajstić information content (AvgIpc) is 2.54. The van der Waals surface area contributed by atoms with Crippen molar-refractivity contribution < 1.29 is 26.4 Å². The van der Waals surface area contributed by atoms with Crippen molar-refractivity contribution in [3.8, 4) is 5.75 Å². The summed E-state index contributed by atoms with van der Waals surface area (Å²) in [6, 6.07) is 3.92. The number of hydrogen-bond donors (Lipinski definition) is 1. The van der Waals surface area contributed by atoms with Crippen LogP contribution in [0.3, 0.4) is 0 Å². The summed E-state index contributed by atoms with van der Waals surface area (Å²) < 4.78 is 56.3. The number of carbonyl (C=O) groups excluding carboxylic acids is 1. The number of amides is 1. The second kappa shape index (κ2) is 7.28. The summed E-state index contributed by atoms with van der Waals surface area (Å²) in [7, 11) is -7.23. The van der Waals surface area contributed by atoms with E-state index in [-0.39, 0.29) is 42.4 Å². The summed E-state index contributed by atoms with van der Waals surface area (Å²) >= 11 is 0. The van der Waals surface area contributed by atoms with Crippen molar-refractivity contribution in [3.05, 3.63) is 23.8 Å². The van der Waals surface area contributed by atoms with E-state index in [9.17, 15) is 21.6 Å². The molecule has 11 heteroatoms. The molecule has 0 unspecified atom stereocenters. The van der Waals surface area contributed by atoms with E-state index in [2.05, 4.69) is 0 Å². The molecule has 0 aliphatic carbocycles. The predicted molar refractivity (Wildman–Crippen MR) is 91.3 cm³/mol. The minimum absolute atomic E-state index is 0.0160. The molecular formula is C14H21N3O6S2. The Morgan fingerprint density at radius 3 is 2.16 bits per heavy atom. The smallest absolute Gasteiger partial charge is 0.252 e. The Morgan fingerprint density at radius 2 is 1.68 bits per heavy atom. The third kappa shape index (κ3) is 4.29. The third-order valence-electron chi connectivity index (χ3n) is 3.82. The van der Waals surface area contributed by atoms with E-state index in [1.807, 2.05) is 0 Å². The number of hydrogen-bond acceptors (Lipinski definition) is 6. The predicted octanol–water partition coefficient (Wildman–Crippen LogP) is -0.550. The van der Waals surface area contributed by atoms with Crippen molar-refractivity contribution in [2.45, 2.75) is 11.8 Å². The maximum Gasteiger partial charge on any atom is 0.252 e. The van der Waals surface area contributed by atoms with Crippen LogP contribution in [-0.4, -0.2) is 70.4 Å². The zero-order valence-corrected chi connectivity index (χ0v) is 15.6. The normalized spacial score (nSPS) is 17.4. The van der Waals surface area contributed by atoms with E-state index in [1.165, 1.54) is 26.8 Å². The molecule has 2 rings (SSSR count). The standard InChI is InChI=1S/C14H21N3O6S2/c1-3-23-13-5-4-11(10-12(13)14(15)18)25(21,22)17-8-6-16(7-9-17)24(2,19)20/h4-5,10H,3,6-9H2,1-2H3,(H2,15,18). The van der Waals surface area contributed by atoms with E-state index in [0.29, 0.717) is 6.61 Å². The molecular weight excluding hydrogens is 370 g/mol. The van der Waals surface area contributed by atoms with Gasteiger partial charge in [-0.3, -0.25) is 4.79 Å². The van der Waals surface area contributed by atoms with Crippen LogP contribution >= 0.6 is 0 Å². The lowest BCUT2D eigenvalue weighted by atomic mass is 10.2. The number of carbonyl (C=O) groups is 1. The van der Waals surface area contributed by atoms with Crippen LogP contribution in [0, 0.1) is 0 Å². The van der Waals surface area contributed by atoms with Crippen LogP contribution in [0.4, 0.5) is 0 Å². The molecule has 1 amide bonds. The summed E-state index contributed by atoms with van der Waals surface area (Å²) in [5.74, 6) is -0.571. The van der Waals surface area contributed by atoms with Crippen LogP contribution in [0.2, 0.25) is 0 Å². The lowest BCUT2D eigenvalue weighted by Gasteiger charge is -2.32. The molecule has 0 spiro atoms. The first-order valence-electron chi connectivity index (χ1n) is 7.59. The number of ether oxygens (including phenoxy) is 1. The van der Waals surface area contributed by atoms with E-state index in [1.54, 1.807) is 6.92 Å². The molecule has 1 aliphatic rings. The monoisotopic (exact) mass is 391 g/mol. The minimum Gasteiger partial charge on any atom is -0.493 e. The largest absolute Gasteiger partial charge is 0.493 e. The highest BCUT2D eigenvalue weighted by molar-refractivity contribution is 7.89. The maximum atomic E-state index is 12.8. The molecule has 1 saturated heterocycles. The molecule has 1 heterocycles. The maximum absolute atomic E-state index is 12.8. The van der Waals surface area contributed by atoms with Crippen LogP contribution in [-0.2, 0) is 20.0 Å². The van der Waals surface area contributed by atoms with Crippen LogP contribution in [0.1, 0.15) is 17.3 Å². The van der Waals surface area contributed by atoms with Crippen molar-refractivity contribution in [1.82, 2.24) is 8.61 Å². The number of nitrogens with two attached hydrogens (primary N) is 1. The zero-order chi connectivity index (χ0) is 18.8. The molecule has 1 aromatic rings. The molecule has 0 aromatic heterocycles. The van der Waals surface area contributed by atoms with Gasteiger partial charge in [-0.25, -0.2) is 16.8 Å². The fourth-order valence-electron chi connectivity index (χ4n) is 2.53. The molecule has 0 radical (unpaired) electrons. The van der Waals surface area contributed by atoms with Crippen LogP contribution in [0.15, 0.2) is 23.1 Å². The SMILES string of the molecule is CCOc1ccc(S(=O)(=O)N2CCN(S(C)(=O)=O)CC2)cc1C(N)=O. The summed E-state index contributed by atoms with van der Waals surface area (Å²) in [6.07, 6.45) is 1.09. The summed E-state index contributed by atoms with van der Waals surface area (Å²) in [5, 5.41) is 0. The Balaban J connectivity index is 2.28. The molecule has 0 bridgehead atoms. The molecule has 1 aromatic carbocycles. The van der Waals surface area contributed by atoms with Gasteiger partial charge in [-0.1, -0.05) is 0 Å². The Hall–Kier alpha value is -1.69. The molecule has 2 N–H and O–H groups in total. The van der Waals surface area contributed by atoms with Crippen LogP contribution in [0.25, 0.3) is 0 Å². The fourth-order valence-corrected chi connectivity index (χ4v) is 4.81. The highest BCUT2D eigenvalue weighted by atomic mass is 32.2. The highest BCUT2D eigenvalue weighted by Gasteiger charge is 2.32. The Kier molecular flexibility index (Phi) is 5.72. The molecule has 0 saturated carbocycles. The van der Waals surface area contributed by atoms with Gasteiger partial charge in [-0.05, 0) is 25.1 Å². The van der Waals surface area contributed by atoms with Gasteiger partial charge < -0.3 is 10.5 Å². The first kappa shape index (κ1) is 19.6. The van der Waals surface area contributed by atoms with Crippen molar-refractivity contribution in [2.75, 3.05) is 39.0 Å². The van der Waals surface area contributed by atoms with Gasteiger partial charge in [-0.2, -0.15) is 8.61 Å². The Bertz CT molecular complexity index is 859. The quantitative estimate of drug-likeness (QED) is 0.693. The van der Waals surface area contributed by atoms with E-state index >= 15 is 0 Å². The lowest BCUT2D eigenvalue weighted by Crippen LogP contribution is -2.50. The Labute approximate surface area is 147 Å². The van der Waals surface area contributed by atoms with Gasteiger partial charge in [-0.15, -0.1) is 0 Å². The number of rotatable bonds is 6. The van der Waals surface area contributed by atoms with Crippen LogP contribution in [0.5, 0.6) is 5.75 Å². The molecule has 25 heavy (non-hydrogen) atoms. The molecule has 140 valence electrons. The van der Waals surface area contributed by atoms with Crippen LogP contribution < -0.4 is 10.5 Å². The van der Waals surface area contributed by atoms with E-state index in [0.717, 1.165) is 6.26 Å². The second-order valence-electron chi connectivity index (χ2n) is 5.52. The molecule has 1 aliphatic heterocycles. The lowest BCUT2D eigenvalue weighted by molar-refractivity contribution is 0.0996. The fraction of sp³-hybridized carbons (Fsp3) is 0.500. The molecule has 1 fully saturated rings. The van der Waals surface area contributed by atoms with Gasteiger partial charge in [0.2, 0.25) is 20.0 Å². The zero-order valence-electron chi connectivity index (χ0n) is 14.0. The van der Waals surface area contributed by atoms with Crippen molar-refractivity contribution >= 4 is 26.0 Å². The van der Waals surface area contributed by atoms with Crippen molar-refractivity contribution in [2.24, 2.45) is 5.73 Å². The highest BCUT2D eigenvalue weighted by Crippen LogP contribution is 2.25. The number of piperazine rings is 1. The van der Waals surface area contributed by atoms with E-state index < -0.39 is 26.0 Å². The minimum atomic E-state index is -3.87. The third-order valence-corrected chi connectivity index (χ3v) is 7.02. The average molecular weight is 391 g/mol. The number of primary amides is 1. The summed E-state index contributed by atoms with van der Waals surface area (Å²) in [5.41, 5.74) is 5.28. The number of sulfonamides is 2. The van der Waals surface area contributed by atoms with Gasteiger partial charge in [0.15, 0.2) is 0 Å². The van der Waals surface area contributed by atoms with Gasteiger partial charge in [0, 0.05) is 26.2 Å². The summed E-state index contributed by atoms with van der Waals surface area (Å²) in [4.78, 5) is 11.5. The number of benzene rings is 1. The summed E-state index contributed by atoms with van der Waals surface area (Å²) in [6.45, 7) is 2.27. The van der Waals surface area contributed by atoms with Gasteiger partial charge in [0.25, 0.3) is 5.91 Å². The van der Waals surface area contributed by atoms with Gasteiger partial charge >= 0.3 is 0 Å². The first-order valence-corrected chi connectivity index (χ1v) is 10.9. The first-order chi connectivity index (χ1) is 11.6. The van der Waals surface area contributed by atoms with Gasteiger partial charge in [0.05, 0.1) is 23.3 Å². The van der Waals surface area contributed by atoms with E-state index in [4.69, 9.17) is 10.5 Å². The topological polar surface area (TPSA) is 127 Å². The van der Waals surface area contributed by atoms with Crippen molar-refractivity contribution in [3.63, 3.8) is 0 Å². The number of nitrogens with zero attached hydrogens (tertiary/aromatic N) is 2.